The fourth-order valence-corrected chi connectivity index (χ4v) is 3.95. The van der Waals surface area contributed by atoms with E-state index in [1.54, 1.807) is 30.3 Å². The van der Waals surface area contributed by atoms with Crippen molar-refractivity contribution < 1.29 is 23.5 Å². The second kappa shape index (κ2) is 10.9. The van der Waals surface area contributed by atoms with Crippen LogP contribution >= 0.6 is 0 Å². The Labute approximate surface area is 208 Å². The summed E-state index contributed by atoms with van der Waals surface area (Å²) < 4.78 is 16.2. The molecule has 4 aromatic rings. The largest absolute Gasteiger partial charge is 0.489 e. The minimum absolute atomic E-state index is 0.195. The number of hydrogen-bond donors (Lipinski definition) is 1. The Kier molecular flexibility index (Phi) is 7.49. The Morgan fingerprint density at radius 1 is 0.944 bits per heavy atom. The first kappa shape index (κ1) is 24.7. The van der Waals surface area contributed by atoms with E-state index in [-0.39, 0.29) is 25.2 Å². The van der Waals surface area contributed by atoms with Gasteiger partial charge in [-0.2, -0.15) is 0 Å². The van der Waals surface area contributed by atoms with Crippen molar-refractivity contribution in [3.8, 4) is 5.75 Å². The molecule has 1 atom stereocenters. The molecule has 0 spiro atoms. The summed E-state index contributed by atoms with van der Waals surface area (Å²) in [5.41, 5.74) is 4.16. The van der Waals surface area contributed by atoms with Crippen LogP contribution in [0.25, 0.3) is 11.0 Å². The topological polar surface area (TPSA) is 94.8 Å². The molecule has 7 heteroatoms. The van der Waals surface area contributed by atoms with Gasteiger partial charge in [0.25, 0.3) is 5.91 Å². The average molecular weight is 486 g/mol. The van der Waals surface area contributed by atoms with E-state index in [1.807, 2.05) is 57.2 Å². The molecule has 0 saturated heterocycles. The molecule has 0 aliphatic rings. The van der Waals surface area contributed by atoms with Crippen LogP contribution in [-0.4, -0.2) is 18.5 Å². The summed E-state index contributed by atoms with van der Waals surface area (Å²) in [5, 5.41) is 3.70. The van der Waals surface area contributed by atoms with Crippen LogP contribution in [0, 0.1) is 13.8 Å². The van der Waals surface area contributed by atoms with Gasteiger partial charge in [0, 0.05) is 17.5 Å². The zero-order valence-electron chi connectivity index (χ0n) is 20.4. The van der Waals surface area contributed by atoms with Crippen molar-refractivity contribution in [1.82, 2.24) is 5.32 Å². The van der Waals surface area contributed by atoms with Gasteiger partial charge in [0.05, 0.1) is 11.6 Å². The predicted octanol–water partition coefficient (Wildman–Crippen LogP) is 5.02. The summed E-state index contributed by atoms with van der Waals surface area (Å²) in [6.07, 6.45) is 0. The maximum atomic E-state index is 12.4. The smallest absolute Gasteiger partial charge is 0.338 e. The van der Waals surface area contributed by atoms with Crippen molar-refractivity contribution in [2.75, 3.05) is 6.61 Å². The van der Waals surface area contributed by atoms with Gasteiger partial charge >= 0.3 is 11.6 Å². The monoisotopic (exact) mass is 485 g/mol. The van der Waals surface area contributed by atoms with Crippen molar-refractivity contribution in [3.05, 3.63) is 111 Å². The maximum absolute atomic E-state index is 12.4. The van der Waals surface area contributed by atoms with Crippen molar-refractivity contribution in [2.45, 2.75) is 33.4 Å². The number of hydrogen-bond acceptors (Lipinski definition) is 6. The summed E-state index contributed by atoms with van der Waals surface area (Å²) in [7, 11) is 0. The quantitative estimate of drug-likeness (QED) is 0.278. The van der Waals surface area contributed by atoms with Crippen molar-refractivity contribution >= 4 is 22.8 Å². The number of nitrogens with one attached hydrogen (secondary N) is 1. The first-order chi connectivity index (χ1) is 17.3. The third-order valence-electron chi connectivity index (χ3n) is 5.88. The predicted molar refractivity (Wildman–Crippen MR) is 136 cm³/mol. The lowest BCUT2D eigenvalue weighted by Gasteiger charge is -2.16. The zero-order chi connectivity index (χ0) is 25.7. The molecule has 1 unspecified atom stereocenters. The first-order valence-corrected chi connectivity index (χ1v) is 11.6. The minimum atomic E-state index is -0.582. The van der Waals surface area contributed by atoms with Crippen LogP contribution in [0.2, 0.25) is 0 Å². The van der Waals surface area contributed by atoms with Crippen LogP contribution in [0.4, 0.5) is 0 Å². The van der Waals surface area contributed by atoms with E-state index in [0.717, 1.165) is 27.6 Å². The number of rotatable bonds is 8. The van der Waals surface area contributed by atoms with Gasteiger partial charge in [-0.05, 0) is 67.3 Å². The fraction of sp³-hybridized carbons (Fsp3) is 0.207. The molecule has 36 heavy (non-hydrogen) atoms. The van der Waals surface area contributed by atoms with Crippen LogP contribution in [0.15, 0.2) is 82.0 Å². The van der Waals surface area contributed by atoms with E-state index in [0.29, 0.717) is 16.9 Å². The highest BCUT2D eigenvalue weighted by atomic mass is 16.5. The minimum Gasteiger partial charge on any atom is -0.489 e. The molecule has 0 radical (unpaired) electrons. The molecule has 0 fully saturated rings. The zero-order valence-corrected chi connectivity index (χ0v) is 20.4. The van der Waals surface area contributed by atoms with Gasteiger partial charge in [-0.1, -0.05) is 36.4 Å². The average Bonchev–Trinajstić information content (AvgIpc) is 2.86. The third-order valence-corrected chi connectivity index (χ3v) is 5.88. The highest BCUT2D eigenvalue weighted by molar-refractivity contribution is 5.91. The number of ether oxygens (including phenoxy) is 2. The van der Waals surface area contributed by atoms with Gasteiger partial charge in [-0.25, -0.2) is 9.59 Å². The van der Waals surface area contributed by atoms with Gasteiger partial charge in [0.15, 0.2) is 6.61 Å². The highest BCUT2D eigenvalue weighted by Gasteiger charge is 2.14. The van der Waals surface area contributed by atoms with Crippen LogP contribution in [0.3, 0.4) is 0 Å². The van der Waals surface area contributed by atoms with E-state index >= 15 is 0 Å². The van der Waals surface area contributed by atoms with E-state index in [9.17, 15) is 14.4 Å². The van der Waals surface area contributed by atoms with Crippen molar-refractivity contribution in [1.29, 1.82) is 0 Å². The lowest BCUT2D eigenvalue weighted by molar-refractivity contribution is -0.124. The summed E-state index contributed by atoms with van der Waals surface area (Å²) in [6.45, 7) is 5.62. The van der Waals surface area contributed by atoms with Gasteiger partial charge in [-0.15, -0.1) is 0 Å². The second-order valence-electron chi connectivity index (χ2n) is 8.61. The van der Waals surface area contributed by atoms with Crippen LogP contribution < -0.4 is 15.7 Å². The number of esters is 1. The normalized spacial score (nSPS) is 11.6. The number of amides is 1. The molecule has 0 saturated carbocycles. The van der Waals surface area contributed by atoms with E-state index in [4.69, 9.17) is 13.9 Å². The molecular weight excluding hydrogens is 458 g/mol. The van der Waals surface area contributed by atoms with Gasteiger partial charge in [-0.3, -0.25) is 4.79 Å². The third kappa shape index (κ3) is 5.99. The molecule has 0 aliphatic heterocycles. The number of carbonyl (C=O) groups is 2. The molecule has 0 bridgehead atoms. The summed E-state index contributed by atoms with van der Waals surface area (Å²) in [4.78, 5) is 36.2. The van der Waals surface area contributed by atoms with Crippen LogP contribution in [0.5, 0.6) is 5.75 Å². The first-order valence-electron chi connectivity index (χ1n) is 11.6. The fourth-order valence-electron chi connectivity index (χ4n) is 3.95. The molecular formula is C29H27NO6. The van der Waals surface area contributed by atoms with Crippen LogP contribution in [-0.2, 0) is 16.1 Å². The van der Waals surface area contributed by atoms with E-state index < -0.39 is 11.6 Å². The highest BCUT2D eigenvalue weighted by Crippen LogP contribution is 2.23. The molecule has 1 heterocycles. The Morgan fingerprint density at radius 2 is 1.69 bits per heavy atom. The molecule has 0 aliphatic carbocycles. The summed E-state index contributed by atoms with van der Waals surface area (Å²) >= 11 is 0. The standard InChI is InChI=1S/C29H27NO6/c1-18-6-4-5-7-24(18)20(3)30-27(31)17-35-29(33)22-10-8-21(9-11-22)16-34-23-12-13-25-19(2)14-28(32)36-26(25)15-23/h4-15,20H,16-17H2,1-3H3,(H,30,31). The molecule has 1 amide bonds. The van der Waals surface area contributed by atoms with Crippen molar-refractivity contribution in [2.24, 2.45) is 0 Å². The lowest BCUT2D eigenvalue weighted by Crippen LogP contribution is -2.31. The molecule has 1 N–H and O–H groups in total. The summed E-state index contributed by atoms with van der Waals surface area (Å²) in [5.74, 6) is -0.391. The molecule has 4 rings (SSSR count). The van der Waals surface area contributed by atoms with Gasteiger partial charge < -0.3 is 19.2 Å². The molecule has 7 nitrogen and oxygen atoms in total. The van der Waals surface area contributed by atoms with Gasteiger partial charge in [0.1, 0.15) is 17.9 Å². The molecule has 184 valence electrons. The maximum Gasteiger partial charge on any atom is 0.338 e. The lowest BCUT2D eigenvalue weighted by atomic mass is 10.0. The SMILES string of the molecule is Cc1ccccc1C(C)NC(=O)COC(=O)c1ccc(COc2ccc3c(C)cc(=O)oc3c2)cc1. The number of fused-ring (bicyclic) bond motifs is 1. The second-order valence-corrected chi connectivity index (χ2v) is 8.61. The Morgan fingerprint density at radius 3 is 2.44 bits per heavy atom. The Bertz CT molecular complexity index is 1460. The molecule has 3 aromatic carbocycles. The molecule has 1 aromatic heterocycles. The Balaban J connectivity index is 1.28. The summed E-state index contributed by atoms with van der Waals surface area (Å²) in [6, 6.07) is 21.1. The number of benzene rings is 3. The number of carbonyl (C=O) groups excluding carboxylic acids is 2. The van der Waals surface area contributed by atoms with Crippen LogP contribution in [0.1, 0.15) is 45.6 Å². The van der Waals surface area contributed by atoms with Gasteiger partial charge in [0.2, 0.25) is 0 Å². The van der Waals surface area contributed by atoms with E-state index in [1.165, 1.54) is 6.07 Å². The van der Waals surface area contributed by atoms with E-state index in [2.05, 4.69) is 5.32 Å². The Hall–Kier alpha value is -4.39. The number of aryl methyl sites for hydroxylation is 2. The van der Waals surface area contributed by atoms with Crippen molar-refractivity contribution in [3.63, 3.8) is 0 Å².